The van der Waals surface area contributed by atoms with Crippen LogP contribution < -0.4 is 10.1 Å². The average Bonchev–Trinajstić information content (AvgIpc) is 3.01. The van der Waals surface area contributed by atoms with Gasteiger partial charge in [0.05, 0.1) is 0 Å². The van der Waals surface area contributed by atoms with E-state index in [0.717, 1.165) is 5.56 Å². The fourth-order valence-corrected chi connectivity index (χ4v) is 2.94. The number of ether oxygens (including phenoxy) is 1. The molecule has 0 aromatic heterocycles. The van der Waals surface area contributed by atoms with E-state index in [4.69, 9.17) is 4.74 Å². The molecular weight excluding hydrogens is 354 g/mol. The predicted octanol–water partition coefficient (Wildman–Crippen LogP) is 2.51. The summed E-state index contributed by atoms with van der Waals surface area (Å²) in [5, 5.41) is 2.75. The zero-order valence-corrected chi connectivity index (χ0v) is 14.7. The van der Waals surface area contributed by atoms with Crippen LogP contribution in [0.2, 0.25) is 0 Å². The summed E-state index contributed by atoms with van der Waals surface area (Å²) < 4.78 is 31.1. The summed E-state index contributed by atoms with van der Waals surface area (Å²) in [6.45, 7) is 1.16. The van der Waals surface area contributed by atoms with E-state index in [0.29, 0.717) is 31.8 Å². The summed E-state index contributed by atoms with van der Waals surface area (Å²) in [5.74, 6) is -0.538. The molecule has 1 unspecified atom stereocenters. The monoisotopic (exact) mass is 374 g/mol. The van der Waals surface area contributed by atoms with Gasteiger partial charge in [-0.2, -0.15) is 0 Å². The Bertz CT molecular complexity index is 794. The Hall–Kier alpha value is -2.96. The number of hydrogen-bond acceptors (Lipinski definition) is 3. The number of amides is 2. The third kappa shape index (κ3) is 5.51. The molecule has 1 fully saturated rings. The topological polar surface area (TPSA) is 58.6 Å². The second-order valence-corrected chi connectivity index (χ2v) is 6.52. The van der Waals surface area contributed by atoms with Crippen LogP contribution in [0.15, 0.2) is 48.5 Å². The van der Waals surface area contributed by atoms with E-state index in [1.807, 2.05) is 0 Å². The molecule has 0 bridgehead atoms. The maximum Gasteiger partial charge on any atom is 0.257 e. The number of halogens is 2. The highest BCUT2D eigenvalue weighted by molar-refractivity contribution is 5.79. The number of benzene rings is 2. The van der Waals surface area contributed by atoms with Gasteiger partial charge in [0.25, 0.3) is 5.91 Å². The van der Waals surface area contributed by atoms with Gasteiger partial charge in [0, 0.05) is 32.0 Å². The number of carbonyl (C=O) groups excluding carboxylic acids is 2. The van der Waals surface area contributed by atoms with Crippen molar-refractivity contribution in [2.45, 2.75) is 13.0 Å². The van der Waals surface area contributed by atoms with Crippen LogP contribution in [0.1, 0.15) is 12.0 Å². The second kappa shape index (κ2) is 8.62. The number of nitrogens with zero attached hydrogens (tertiary/aromatic N) is 1. The average molecular weight is 374 g/mol. The molecular formula is C20H20F2N2O3. The zero-order valence-electron chi connectivity index (χ0n) is 14.7. The van der Waals surface area contributed by atoms with Crippen molar-refractivity contribution in [3.05, 3.63) is 65.7 Å². The minimum absolute atomic E-state index is 0.0149. The SMILES string of the molecule is O=C(COc1ccc(F)cc1)NCC1CC(=O)N(Cc2ccc(F)cc2)C1. The van der Waals surface area contributed by atoms with Gasteiger partial charge in [-0.25, -0.2) is 8.78 Å². The first-order valence-electron chi connectivity index (χ1n) is 8.67. The van der Waals surface area contributed by atoms with Crippen LogP contribution in [0.3, 0.4) is 0 Å². The van der Waals surface area contributed by atoms with Gasteiger partial charge in [-0.1, -0.05) is 12.1 Å². The molecule has 1 aliphatic rings. The molecule has 1 heterocycles. The molecule has 7 heteroatoms. The summed E-state index contributed by atoms with van der Waals surface area (Å²) in [4.78, 5) is 25.7. The molecule has 0 aliphatic carbocycles. The highest BCUT2D eigenvalue weighted by Crippen LogP contribution is 2.20. The molecule has 1 saturated heterocycles. The van der Waals surface area contributed by atoms with Crippen LogP contribution in [0.25, 0.3) is 0 Å². The Morgan fingerprint density at radius 1 is 1.07 bits per heavy atom. The molecule has 1 N–H and O–H groups in total. The molecule has 1 aliphatic heterocycles. The first kappa shape index (κ1) is 18.8. The van der Waals surface area contributed by atoms with E-state index in [1.165, 1.54) is 36.4 Å². The lowest BCUT2D eigenvalue weighted by molar-refractivity contribution is -0.128. The van der Waals surface area contributed by atoms with Crippen LogP contribution in [0, 0.1) is 17.6 Å². The van der Waals surface area contributed by atoms with Gasteiger partial charge >= 0.3 is 0 Å². The van der Waals surface area contributed by atoms with Crippen LogP contribution in [0.4, 0.5) is 8.78 Å². The van der Waals surface area contributed by atoms with Gasteiger partial charge in [-0.3, -0.25) is 9.59 Å². The van der Waals surface area contributed by atoms with E-state index in [-0.39, 0.29) is 36.0 Å². The van der Waals surface area contributed by atoms with E-state index in [1.54, 1.807) is 17.0 Å². The summed E-state index contributed by atoms with van der Waals surface area (Å²) in [6, 6.07) is 11.5. The Morgan fingerprint density at radius 3 is 2.37 bits per heavy atom. The van der Waals surface area contributed by atoms with E-state index in [9.17, 15) is 18.4 Å². The van der Waals surface area contributed by atoms with Crippen molar-refractivity contribution in [3.63, 3.8) is 0 Å². The van der Waals surface area contributed by atoms with Gasteiger partial charge in [-0.15, -0.1) is 0 Å². The van der Waals surface area contributed by atoms with Crippen LogP contribution in [0.5, 0.6) is 5.75 Å². The number of nitrogens with one attached hydrogen (secondary N) is 1. The van der Waals surface area contributed by atoms with Crippen molar-refractivity contribution >= 4 is 11.8 Å². The molecule has 0 radical (unpaired) electrons. The van der Waals surface area contributed by atoms with Gasteiger partial charge in [0.1, 0.15) is 17.4 Å². The lowest BCUT2D eigenvalue weighted by Gasteiger charge is -2.17. The first-order chi connectivity index (χ1) is 13.0. The molecule has 1 atom stereocenters. The number of likely N-dealkylation sites (tertiary alicyclic amines) is 1. The van der Waals surface area contributed by atoms with E-state index >= 15 is 0 Å². The smallest absolute Gasteiger partial charge is 0.257 e. The number of hydrogen-bond donors (Lipinski definition) is 1. The minimum atomic E-state index is -0.372. The summed E-state index contributed by atoms with van der Waals surface area (Å²) in [6.07, 6.45) is 0.361. The Balaban J connectivity index is 1.40. The number of carbonyl (C=O) groups is 2. The highest BCUT2D eigenvalue weighted by atomic mass is 19.1. The summed E-state index contributed by atoms with van der Waals surface area (Å²) >= 11 is 0. The minimum Gasteiger partial charge on any atom is -0.484 e. The maximum absolute atomic E-state index is 13.0. The van der Waals surface area contributed by atoms with Crippen molar-refractivity contribution in [2.24, 2.45) is 5.92 Å². The lowest BCUT2D eigenvalue weighted by atomic mass is 10.1. The molecule has 27 heavy (non-hydrogen) atoms. The van der Waals surface area contributed by atoms with E-state index < -0.39 is 0 Å². The van der Waals surface area contributed by atoms with Crippen molar-refractivity contribution < 1.29 is 23.1 Å². The van der Waals surface area contributed by atoms with Crippen LogP contribution in [-0.2, 0) is 16.1 Å². The predicted molar refractivity (Wildman–Crippen MR) is 94.8 cm³/mol. The summed E-state index contributed by atoms with van der Waals surface area (Å²) in [7, 11) is 0. The third-order valence-electron chi connectivity index (χ3n) is 4.35. The Morgan fingerprint density at radius 2 is 1.70 bits per heavy atom. The first-order valence-corrected chi connectivity index (χ1v) is 8.67. The third-order valence-corrected chi connectivity index (χ3v) is 4.35. The zero-order chi connectivity index (χ0) is 19.2. The standard InChI is InChI=1S/C20H20F2N2O3/c21-16-3-1-14(2-4-16)11-24-12-15(9-20(24)26)10-23-19(25)13-27-18-7-5-17(22)6-8-18/h1-8,15H,9-13H2,(H,23,25). The molecule has 0 saturated carbocycles. The molecule has 5 nitrogen and oxygen atoms in total. The fourth-order valence-electron chi connectivity index (χ4n) is 2.94. The quantitative estimate of drug-likeness (QED) is 0.810. The van der Waals surface area contributed by atoms with Crippen molar-refractivity contribution in [1.82, 2.24) is 10.2 Å². The van der Waals surface area contributed by atoms with Crippen LogP contribution in [-0.4, -0.2) is 36.4 Å². The molecule has 3 rings (SSSR count). The molecule has 142 valence electrons. The molecule has 0 spiro atoms. The Labute approximate surface area is 155 Å². The summed E-state index contributed by atoms with van der Waals surface area (Å²) in [5.41, 5.74) is 0.863. The van der Waals surface area contributed by atoms with Gasteiger partial charge in [0.15, 0.2) is 6.61 Å². The fraction of sp³-hybridized carbons (Fsp3) is 0.300. The van der Waals surface area contributed by atoms with Crippen molar-refractivity contribution in [3.8, 4) is 5.75 Å². The largest absolute Gasteiger partial charge is 0.484 e. The van der Waals surface area contributed by atoms with Gasteiger partial charge in [0.2, 0.25) is 5.91 Å². The Kier molecular flexibility index (Phi) is 6.01. The molecule has 2 aromatic rings. The lowest BCUT2D eigenvalue weighted by Crippen LogP contribution is -2.34. The molecule has 2 amide bonds. The van der Waals surface area contributed by atoms with E-state index in [2.05, 4.69) is 5.32 Å². The molecule has 2 aromatic carbocycles. The van der Waals surface area contributed by atoms with Crippen molar-refractivity contribution in [1.29, 1.82) is 0 Å². The van der Waals surface area contributed by atoms with Gasteiger partial charge in [-0.05, 0) is 42.0 Å². The number of rotatable bonds is 7. The maximum atomic E-state index is 13.0. The van der Waals surface area contributed by atoms with Gasteiger partial charge < -0.3 is 15.0 Å². The highest BCUT2D eigenvalue weighted by Gasteiger charge is 2.29. The van der Waals surface area contributed by atoms with Crippen LogP contribution >= 0.6 is 0 Å². The normalized spacial score (nSPS) is 16.4. The second-order valence-electron chi connectivity index (χ2n) is 6.52. The van der Waals surface area contributed by atoms with Crippen molar-refractivity contribution in [2.75, 3.05) is 19.7 Å².